The van der Waals surface area contributed by atoms with Crippen LogP contribution in [0.1, 0.15) is 53.8 Å². The number of rotatable bonds is 5. The Morgan fingerprint density at radius 1 is 1.09 bits per heavy atom. The Morgan fingerprint density at radius 2 is 1.86 bits per heavy atom. The first-order valence-electron chi connectivity index (χ1n) is 14.0. The number of hydrogen-bond acceptors (Lipinski definition) is 7. The smallest absolute Gasteiger partial charge is 0.382 e. The van der Waals surface area contributed by atoms with E-state index in [1.54, 1.807) is 36.7 Å². The molecule has 2 amide bonds. The number of hydrogen-bond donors (Lipinski definition) is 2. The summed E-state index contributed by atoms with van der Waals surface area (Å²) in [5.74, 6) is 0.304. The summed E-state index contributed by atoms with van der Waals surface area (Å²) in [6, 6.07) is 8.14. The molecule has 10 nitrogen and oxygen atoms in total. The van der Waals surface area contributed by atoms with Crippen molar-refractivity contribution in [2.45, 2.75) is 38.3 Å². The van der Waals surface area contributed by atoms with Crippen molar-refractivity contribution in [2.24, 2.45) is 5.41 Å². The Labute approximate surface area is 245 Å². The van der Waals surface area contributed by atoms with Gasteiger partial charge in [-0.1, -0.05) is 18.6 Å². The predicted molar refractivity (Wildman–Crippen MR) is 152 cm³/mol. The number of likely N-dealkylation sites (tertiary alicyclic amines) is 1. The first-order valence-corrected chi connectivity index (χ1v) is 14.0. The maximum Gasteiger partial charge on any atom is 0.416 e. The summed E-state index contributed by atoms with van der Waals surface area (Å²) in [5, 5.41) is 2.41. The molecule has 43 heavy (non-hydrogen) atoms. The van der Waals surface area contributed by atoms with E-state index in [9.17, 15) is 22.8 Å². The average molecular weight is 594 g/mol. The second kappa shape index (κ2) is 11.0. The van der Waals surface area contributed by atoms with Crippen LogP contribution in [0.25, 0.3) is 16.8 Å². The van der Waals surface area contributed by atoms with Gasteiger partial charge in [-0.25, -0.2) is 15.0 Å². The number of carbonyl (C=O) groups is 2. The number of fused-ring (bicyclic) bond motifs is 1. The van der Waals surface area contributed by atoms with Gasteiger partial charge in [-0.15, -0.1) is 0 Å². The first kappa shape index (κ1) is 28.6. The molecule has 2 fully saturated rings. The van der Waals surface area contributed by atoms with Crippen molar-refractivity contribution < 1.29 is 27.5 Å². The molecule has 0 spiro atoms. The van der Waals surface area contributed by atoms with Gasteiger partial charge in [0.25, 0.3) is 5.91 Å². The van der Waals surface area contributed by atoms with E-state index in [2.05, 4.69) is 15.3 Å². The fraction of sp³-hybridized carbons (Fsp3) is 0.367. The molecule has 1 aromatic carbocycles. The number of nitrogens with two attached hydrogens (primary N) is 1. The Hall–Kier alpha value is -4.52. The summed E-state index contributed by atoms with van der Waals surface area (Å²) < 4.78 is 46.4. The molecule has 0 aliphatic carbocycles. The molecule has 3 N–H and O–H groups in total. The zero-order valence-corrected chi connectivity index (χ0v) is 23.4. The number of nitrogens with zero attached hydrogens (tertiary/aromatic N) is 5. The van der Waals surface area contributed by atoms with E-state index in [1.807, 2.05) is 16.2 Å². The van der Waals surface area contributed by atoms with Crippen molar-refractivity contribution in [1.29, 1.82) is 0 Å². The number of anilines is 2. The van der Waals surface area contributed by atoms with E-state index in [0.717, 1.165) is 43.4 Å². The van der Waals surface area contributed by atoms with E-state index < -0.39 is 23.1 Å². The minimum Gasteiger partial charge on any atom is -0.382 e. The summed E-state index contributed by atoms with van der Waals surface area (Å²) in [6.07, 6.45) is 2.54. The quantitative estimate of drug-likeness (QED) is 0.341. The van der Waals surface area contributed by atoms with Gasteiger partial charge in [-0.2, -0.15) is 13.2 Å². The highest BCUT2D eigenvalue weighted by atomic mass is 19.4. The van der Waals surface area contributed by atoms with E-state index in [1.165, 1.54) is 0 Å². The van der Waals surface area contributed by atoms with Crippen LogP contribution in [0.4, 0.5) is 24.8 Å². The number of alkyl halides is 3. The largest absolute Gasteiger partial charge is 0.416 e. The van der Waals surface area contributed by atoms with Gasteiger partial charge >= 0.3 is 6.18 Å². The zero-order chi connectivity index (χ0) is 30.4. The molecule has 0 saturated carbocycles. The standard InChI is InChI=1S/C30H30F3N7O3/c1-29(16-43-17-29)28(42)39-12-3-2-4-20(15-39)26-38-23(24-25(34)36-11-13-40(24)26)18-5-7-19(8-6-18)27(41)37-22-14-21(9-10-35-22)30(31,32)33/h5-11,13-14,20H,2-4,12,15-17H2,1H3,(H2,34,36)(H,35,37,41)/t20-/m1/s1. The van der Waals surface area contributed by atoms with Crippen molar-refractivity contribution in [3.05, 3.63) is 71.9 Å². The lowest BCUT2D eigenvalue weighted by atomic mass is 9.86. The topological polar surface area (TPSA) is 128 Å². The number of benzene rings is 1. The van der Waals surface area contributed by atoms with Crippen LogP contribution >= 0.6 is 0 Å². The Morgan fingerprint density at radius 3 is 2.56 bits per heavy atom. The fourth-order valence-corrected chi connectivity index (χ4v) is 5.67. The predicted octanol–water partition coefficient (Wildman–Crippen LogP) is 4.78. The highest BCUT2D eigenvalue weighted by Crippen LogP contribution is 2.36. The number of carbonyl (C=O) groups excluding carboxylic acids is 2. The van der Waals surface area contributed by atoms with Crippen LogP contribution in [0.15, 0.2) is 55.0 Å². The maximum absolute atomic E-state index is 13.3. The molecular weight excluding hydrogens is 563 g/mol. The maximum atomic E-state index is 13.3. The molecular formula is C30H30F3N7O3. The van der Waals surface area contributed by atoms with Crippen molar-refractivity contribution in [3.8, 4) is 11.3 Å². The number of amides is 2. The van der Waals surface area contributed by atoms with Gasteiger partial charge in [0.1, 0.15) is 28.7 Å². The van der Waals surface area contributed by atoms with Crippen molar-refractivity contribution in [2.75, 3.05) is 37.4 Å². The molecule has 224 valence electrons. The number of halogens is 3. The number of nitrogens with one attached hydrogen (secondary N) is 1. The Balaban J connectivity index is 1.28. The molecule has 6 rings (SSSR count). The number of pyridine rings is 1. The van der Waals surface area contributed by atoms with Crippen molar-refractivity contribution in [1.82, 2.24) is 24.3 Å². The van der Waals surface area contributed by atoms with Gasteiger partial charge in [-0.3, -0.25) is 14.0 Å². The molecule has 2 aliphatic heterocycles. The fourth-order valence-electron chi connectivity index (χ4n) is 5.67. The van der Waals surface area contributed by atoms with Gasteiger partial charge in [0.15, 0.2) is 0 Å². The number of aromatic nitrogens is 4. The summed E-state index contributed by atoms with van der Waals surface area (Å²) in [4.78, 5) is 41.2. The Kier molecular flexibility index (Phi) is 7.28. The van der Waals surface area contributed by atoms with Crippen LogP contribution in [-0.2, 0) is 15.7 Å². The normalized spacial score (nSPS) is 18.6. The molecule has 5 heterocycles. The summed E-state index contributed by atoms with van der Waals surface area (Å²) in [6.45, 7) is 4.00. The van der Waals surface area contributed by atoms with E-state index in [0.29, 0.717) is 43.1 Å². The van der Waals surface area contributed by atoms with Crippen LogP contribution in [-0.4, -0.2) is 62.4 Å². The average Bonchev–Trinajstić information content (AvgIpc) is 3.20. The molecule has 13 heteroatoms. The minimum atomic E-state index is -4.55. The number of imidazole rings is 1. The molecule has 0 radical (unpaired) electrons. The Bertz CT molecular complexity index is 1680. The SMILES string of the molecule is CC1(C(=O)N2CCCC[C@@H](c3nc(-c4ccc(C(=O)Nc5cc(C(F)(F)F)ccn5)cc4)c4c(N)nccn34)C2)COC1. The van der Waals surface area contributed by atoms with Gasteiger partial charge in [0, 0.05) is 48.7 Å². The lowest BCUT2D eigenvalue weighted by molar-refractivity contribution is -0.168. The summed E-state index contributed by atoms with van der Waals surface area (Å²) in [5.41, 5.74) is 7.03. The van der Waals surface area contributed by atoms with Gasteiger partial charge in [0.2, 0.25) is 5.91 Å². The first-order chi connectivity index (χ1) is 20.5. The third kappa shape index (κ3) is 5.52. The molecule has 2 aliphatic rings. The molecule has 0 bridgehead atoms. The lowest BCUT2D eigenvalue weighted by Crippen LogP contribution is -2.54. The van der Waals surface area contributed by atoms with E-state index >= 15 is 0 Å². The van der Waals surface area contributed by atoms with Crippen molar-refractivity contribution >= 4 is 29.0 Å². The summed E-state index contributed by atoms with van der Waals surface area (Å²) in [7, 11) is 0. The molecule has 1 atom stereocenters. The van der Waals surface area contributed by atoms with E-state index in [4.69, 9.17) is 15.5 Å². The summed E-state index contributed by atoms with van der Waals surface area (Å²) >= 11 is 0. The molecule has 0 unspecified atom stereocenters. The monoisotopic (exact) mass is 593 g/mol. The molecule has 4 aromatic rings. The lowest BCUT2D eigenvalue weighted by Gasteiger charge is -2.40. The number of ether oxygens (including phenoxy) is 1. The third-order valence-electron chi connectivity index (χ3n) is 8.04. The van der Waals surface area contributed by atoms with Crippen LogP contribution in [0.5, 0.6) is 0 Å². The molecule has 2 saturated heterocycles. The zero-order valence-electron chi connectivity index (χ0n) is 23.4. The second-order valence-electron chi connectivity index (χ2n) is 11.3. The molecule has 3 aromatic heterocycles. The van der Waals surface area contributed by atoms with Gasteiger partial charge in [-0.05, 0) is 44.0 Å². The van der Waals surface area contributed by atoms with Crippen LogP contribution in [0.2, 0.25) is 0 Å². The number of nitrogen functional groups attached to an aromatic ring is 1. The highest BCUT2D eigenvalue weighted by molar-refractivity contribution is 6.04. The van der Waals surface area contributed by atoms with Crippen LogP contribution < -0.4 is 11.1 Å². The van der Waals surface area contributed by atoms with Gasteiger partial charge in [0.05, 0.1) is 24.2 Å². The van der Waals surface area contributed by atoms with Crippen LogP contribution in [0.3, 0.4) is 0 Å². The highest BCUT2D eigenvalue weighted by Gasteiger charge is 2.44. The third-order valence-corrected chi connectivity index (χ3v) is 8.04. The second-order valence-corrected chi connectivity index (χ2v) is 11.3. The minimum absolute atomic E-state index is 0.0379. The van der Waals surface area contributed by atoms with Crippen molar-refractivity contribution in [3.63, 3.8) is 0 Å². The van der Waals surface area contributed by atoms with Crippen LogP contribution in [0, 0.1) is 5.41 Å². The van der Waals surface area contributed by atoms with Gasteiger partial charge < -0.3 is 20.7 Å². The van der Waals surface area contributed by atoms with E-state index in [-0.39, 0.29) is 29.0 Å².